The number of hydrogen-bond donors (Lipinski definition) is 1. The van der Waals surface area contributed by atoms with Crippen LogP contribution < -0.4 is 4.74 Å². The highest BCUT2D eigenvalue weighted by Crippen LogP contribution is 2.09. The fourth-order valence-corrected chi connectivity index (χ4v) is 1.51. The number of pyridine rings is 1. The third-order valence-electron chi connectivity index (χ3n) is 2.42. The van der Waals surface area contributed by atoms with Gasteiger partial charge in [0.05, 0.1) is 6.61 Å². The number of aromatic nitrogens is 1. The van der Waals surface area contributed by atoms with Gasteiger partial charge >= 0.3 is 0 Å². The Labute approximate surface area is 106 Å². The second-order valence-corrected chi connectivity index (χ2v) is 3.78. The van der Waals surface area contributed by atoms with E-state index in [4.69, 9.17) is 9.84 Å². The van der Waals surface area contributed by atoms with E-state index in [2.05, 4.69) is 4.98 Å². The molecule has 92 valence electrons. The molecule has 0 atom stereocenters. The van der Waals surface area contributed by atoms with Gasteiger partial charge in [0.1, 0.15) is 6.61 Å². The first-order valence-corrected chi connectivity index (χ1v) is 5.78. The molecule has 1 N–H and O–H groups in total. The van der Waals surface area contributed by atoms with E-state index in [1.54, 1.807) is 18.3 Å². The van der Waals surface area contributed by atoms with E-state index in [1.807, 2.05) is 42.5 Å². The Morgan fingerprint density at radius 1 is 1.17 bits per heavy atom. The molecule has 3 heteroatoms. The summed E-state index contributed by atoms with van der Waals surface area (Å²) >= 11 is 0. The molecule has 18 heavy (non-hydrogen) atoms. The van der Waals surface area contributed by atoms with Crippen molar-refractivity contribution in [3.63, 3.8) is 0 Å². The van der Waals surface area contributed by atoms with Crippen LogP contribution in [-0.4, -0.2) is 16.7 Å². The van der Waals surface area contributed by atoms with E-state index < -0.39 is 0 Å². The van der Waals surface area contributed by atoms with E-state index in [1.165, 1.54) is 0 Å². The third-order valence-corrected chi connectivity index (χ3v) is 2.42. The minimum absolute atomic E-state index is 0.00126. The Hall–Kier alpha value is -2.13. The quantitative estimate of drug-likeness (QED) is 0.875. The standard InChI is InChI=1S/C15H15NO2/c17-12-14-8-9-16-15(11-14)18-10-4-7-13-5-2-1-3-6-13/h1-9,11,17H,10,12H2. The summed E-state index contributed by atoms with van der Waals surface area (Å²) in [6.45, 7) is 0.454. The largest absolute Gasteiger partial charge is 0.473 e. The summed E-state index contributed by atoms with van der Waals surface area (Å²) in [5.74, 6) is 0.527. The summed E-state index contributed by atoms with van der Waals surface area (Å²) in [6.07, 6.45) is 5.56. The predicted molar refractivity (Wildman–Crippen MR) is 71.1 cm³/mol. The molecule has 0 aliphatic heterocycles. The molecule has 2 rings (SSSR count). The molecular weight excluding hydrogens is 226 g/mol. The van der Waals surface area contributed by atoms with Crippen LogP contribution in [0.5, 0.6) is 5.88 Å². The van der Waals surface area contributed by atoms with Crippen LogP contribution in [0.1, 0.15) is 11.1 Å². The summed E-state index contributed by atoms with van der Waals surface area (Å²) in [4.78, 5) is 4.06. The molecule has 0 aliphatic carbocycles. The molecule has 0 fully saturated rings. The second-order valence-electron chi connectivity index (χ2n) is 3.78. The van der Waals surface area contributed by atoms with Gasteiger partial charge in [-0.3, -0.25) is 0 Å². The number of benzene rings is 1. The first kappa shape index (κ1) is 12.3. The van der Waals surface area contributed by atoms with E-state index in [-0.39, 0.29) is 6.61 Å². The molecule has 3 nitrogen and oxygen atoms in total. The summed E-state index contributed by atoms with van der Waals surface area (Å²) in [6, 6.07) is 13.5. The van der Waals surface area contributed by atoms with Crippen LogP contribution in [0, 0.1) is 0 Å². The van der Waals surface area contributed by atoms with Gasteiger partial charge in [-0.05, 0) is 23.3 Å². The first-order valence-electron chi connectivity index (χ1n) is 5.78. The van der Waals surface area contributed by atoms with Crippen molar-refractivity contribution in [1.82, 2.24) is 4.98 Å². The topological polar surface area (TPSA) is 42.4 Å². The minimum Gasteiger partial charge on any atom is -0.473 e. The van der Waals surface area contributed by atoms with E-state index >= 15 is 0 Å². The Morgan fingerprint density at radius 3 is 2.78 bits per heavy atom. The van der Waals surface area contributed by atoms with Gasteiger partial charge in [0.2, 0.25) is 5.88 Å². The Morgan fingerprint density at radius 2 is 2.00 bits per heavy atom. The zero-order valence-corrected chi connectivity index (χ0v) is 9.99. The van der Waals surface area contributed by atoms with Gasteiger partial charge in [-0.2, -0.15) is 0 Å². The highest BCUT2D eigenvalue weighted by atomic mass is 16.5. The molecule has 2 aromatic rings. The fourth-order valence-electron chi connectivity index (χ4n) is 1.51. The molecule has 1 aromatic heterocycles. The number of hydrogen-bond acceptors (Lipinski definition) is 3. The molecule has 0 bridgehead atoms. The van der Waals surface area contributed by atoms with Crippen LogP contribution in [0.4, 0.5) is 0 Å². The van der Waals surface area contributed by atoms with E-state index in [9.17, 15) is 0 Å². The van der Waals surface area contributed by atoms with Gasteiger partial charge in [0, 0.05) is 12.3 Å². The fraction of sp³-hybridized carbons (Fsp3) is 0.133. The highest BCUT2D eigenvalue weighted by molar-refractivity contribution is 5.48. The van der Waals surface area contributed by atoms with Crippen LogP contribution in [0.25, 0.3) is 6.08 Å². The molecule has 0 amide bonds. The Kier molecular flexibility index (Phi) is 4.50. The molecule has 0 saturated heterocycles. The summed E-state index contributed by atoms with van der Waals surface area (Å²) < 4.78 is 5.46. The zero-order chi connectivity index (χ0) is 12.6. The van der Waals surface area contributed by atoms with Gasteiger partial charge in [-0.15, -0.1) is 0 Å². The molecule has 0 aliphatic rings. The molecule has 0 unspecified atom stereocenters. The van der Waals surface area contributed by atoms with Crippen LogP contribution in [0.3, 0.4) is 0 Å². The van der Waals surface area contributed by atoms with Crippen molar-refractivity contribution in [3.8, 4) is 5.88 Å². The van der Waals surface area contributed by atoms with Gasteiger partial charge in [-0.1, -0.05) is 36.4 Å². The molecule has 0 saturated carbocycles. The van der Waals surface area contributed by atoms with Crippen LogP contribution in [-0.2, 0) is 6.61 Å². The SMILES string of the molecule is OCc1ccnc(OCC=Cc2ccccc2)c1. The van der Waals surface area contributed by atoms with Crippen molar-refractivity contribution in [1.29, 1.82) is 0 Å². The summed E-state index contributed by atoms with van der Waals surface area (Å²) in [5, 5.41) is 8.98. The number of aliphatic hydroxyl groups excluding tert-OH is 1. The maximum absolute atomic E-state index is 8.98. The van der Waals surface area contributed by atoms with Crippen LogP contribution in [0.2, 0.25) is 0 Å². The molecular formula is C15H15NO2. The average molecular weight is 241 g/mol. The maximum Gasteiger partial charge on any atom is 0.213 e. The number of aliphatic hydroxyl groups is 1. The highest BCUT2D eigenvalue weighted by Gasteiger charge is 1.95. The van der Waals surface area contributed by atoms with E-state index in [0.717, 1.165) is 11.1 Å². The second kappa shape index (κ2) is 6.57. The third kappa shape index (κ3) is 3.71. The van der Waals surface area contributed by atoms with Gasteiger partial charge < -0.3 is 9.84 Å². The normalized spacial score (nSPS) is 10.7. The van der Waals surface area contributed by atoms with Crippen molar-refractivity contribution in [2.45, 2.75) is 6.61 Å². The lowest BCUT2D eigenvalue weighted by molar-refractivity contribution is 0.279. The van der Waals surface area contributed by atoms with Crippen molar-refractivity contribution in [3.05, 3.63) is 65.9 Å². The van der Waals surface area contributed by atoms with Crippen molar-refractivity contribution < 1.29 is 9.84 Å². The number of rotatable bonds is 5. The molecule has 0 radical (unpaired) electrons. The summed E-state index contributed by atoms with van der Waals surface area (Å²) in [5.41, 5.74) is 1.94. The summed E-state index contributed by atoms with van der Waals surface area (Å²) in [7, 11) is 0. The average Bonchev–Trinajstić information content (AvgIpc) is 2.45. The number of ether oxygens (including phenoxy) is 1. The Bertz CT molecular complexity index is 509. The maximum atomic E-state index is 8.98. The first-order chi connectivity index (χ1) is 8.88. The lowest BCUT2D eigenvalue weighted by atomic mass is 10.2. The number of nitrogens with zero attached hydrogens (tertiary/aromatic N) is 1. The van der Waals surface area contributed by atoms with E-state index in [0.29, 0.717) is 12.5 Å². The van der Waals surface area contributed by atoms with Crippen molar-refractivity contribution in [2.24, 2.45) is 0 Å². The molecule has 1 heterocycles. The van der Waals surface area contributed by atoms with Gasteiger partial charge in [-0.25, -0.2) is 4.98 Å². The molecule has 0 spiro atoms. The van der Waals surface area contributed by atoms with Crippen LogP contribution in [0.15, 0.2) is 54.7 Å². The Balaban J connectivity index is 1.86. The molecule has 1 aromatic carbocycles. The zero-order valence-electron chi connectivity index (χ0n) is 9.99. The van der Waals surface area contributed by atoms with Gasteiger partial charge in [0.15, 0.2) is 0 Å². The van der Waals surface area contributed by atoms with Crippen molar-refractivity contribution in [2.75, 3.05) is 6.61 Å². The lowest BCUT2D eigenvalue weighted by Gasteiger charge is -2.03. The van der Waals surface area contributed by atoms with Crippen LogP contribution >= 0.6 is 0 Å². The smallest absolute Gasteiger partial charge is 0.213 e. The predicted octanol–water partition coefficient (Wildman–Crippen LogP) is 2.67. The lowest BCUT2D eigenvalue weighted by Crippen LogP contribution is -1.96. The van der Waals surface area contributed by atoms with Crippen molar-refractivity contribution >= 4 is 6.08 Å². The monoisotopic (exact) mass is 241 g/mol. The van der Waals surface area contributed by atoms with Gasteiger partial charge in [0.25, 0.3) is 0 Å². The minimum atomic E-state index is -0.00126.